The lowest BCUT2D eigenvalue weighted by Gasteiger charge is -2.33. The number of nitro groups is 1. The number of hydrogen-bond donors (Lipinski definition) is 1. The SMILES string of the molecule is CNC(=O)C1CCCN(c2ccc(C(=O)c3nccn3C)cc2[N+](=O)[O-])C1. The Bertz CT molecular complexity index is 892. The minimum atomic E-state index is -0.492. The zero-order valence-corrected chi connectivity index (χ0v) is 15.2. The van der Waals surface area contributed by atoms with Gasteiger partial charge in [0.2, 0.25) is 11.7 Å². The molecule has 0 aliphatic carbocycles. The van der Waals surface area contributed by atoms with Crippen LogP contribution in [0.3, 0.4) is 0 Å². The smallest absolute Gasteiger partial charge is 0.293 e. The maximum atomic E-state index is 12.6. The first-order valence-electron chi connectivity index (χ1n) is 8.69. The minimum Gasteiger partial charge on any atom is -0.365 e. The average Bonchev–Trinajstić information content (AvgIpc) is 3.12. The van der Waals surface area contributed by atoms with Gasteiger partial charge in [-0.1, -0.05) is 0 Å². The zero-order chi connectivity index (χ0) is 19.6. The highest BCUT2D eigenvalue weighted by Gasteiger charge is 2.29. The number of aromatic nitrogens is 2. The van der Waals surface area contributed by atoms with E-state index < -0.39 is 4.92 Å². The van der Waals surface area contributed by atoms with Crippen LogP contribution in [0, 0.1) is 16.0 Å². The van der Waals surface area contributed by atoms with Crippen molar-refractivity contribution in [2.75, 3.05) is 25.0 Å². The number of ketones is 1. The van der Waals surface area contributed by atoms with Gasteiger partial charge in [-0.05, 0) is 25.0 Å². The fraction of sp³-hybridized carbons (Fsp3) is 0.389. The summed E-state index contributed by atoms with van der Waals surface area (Å²) in [7, 11) is 3.28. The first-order valence-corrected chi connectivity index (χ1v) is 8.69. The number of rotatable bonds is 5. The van der Waals surface area contributed by atoms with Crippen LogP contribution in [0.4, 0.5) is 11.4 Å². The molecule has 0 spiro atoms. The molecule has 1 fully saturated rings. The number of nitrogens with one attached hydrogen (secondary N) is 1. The molecule has 9 nitrogen and oxygen atoms in total. The molecule has 1 saturated heterocycles. The fourth-order valence-electron chi connectivity index (χ4n) is 3.41. The number of aryl methyl sites for hydroxylation is 1. The van der Waals surface area contributed by atoms with E-state index >= 15 is 0 Å². The summed E-state index contributed by atoms with van der Waals surface area (Å²) in [5, 5.41) is 14.3. The zero-order valence-electron chi connectivity index (χ0n) is 15.2. The van der Waals surface area contributed by atoms with E-state index in [1.165, 1.54) is 12.3 Å². The molecule has 0 radical (unpaired) electrons. The number of imidazole rings is 1. The number of carbonyl (C=O) groups excluding carboxylic acids is 2. The Morgan fingerprint density at radius 2 is 2.15 bits per heavy atom. The van der Waals surface area contributed by atoms with Crippen LogP contribution in [0.15, 0.2) is 30.6 Å². The van der Waals surface area contributed by atoms with E-state index in [1.54, 1.807) is 37.0 Å². The first-order chi connectivity index (χ1) is 12.9. The molecule has 142 valence electrons. The van der Waals surface area contributed by atoms with Crippen molar-refractivity contribution in [3.63, 3.8) is 0 Å². The van der Waals surface area contributed by atoms with Gasteiger partial charge in [-0.2, -0.15) is 0 Å². The molecule has 1 aromatic heterocycles. The van der Waals surface area contributed by atoms with Gasteiger partial charge in [-0.3, -0.25) is 19.7 Å². The van der Waals surface area contributed by atoms with Crippen molar-refractivity contribution in [2.24, 2.45) is 13.0 Å². The Morgan fingerprint density at radius 1 is 1.37 bits per heavy atom. The third-order valence-corrected chi connectivity index (χ3v) is 4.84. The van der Waals surface area contributed by atoms with Crippen molar-refractivity contribution in [1.29, 1.82) is 0 Å². The lowest BCUT2D eigenvalue weighted by molar-refractivity contribution is -0.384. The van der Waals surface area contributed by atoms with Gasteiger partial charge in [0.15, 0.2) is 5.82 Å². The van der Waals surface area contributed by atoms with E-state index in [-0.39, 0.29) is 34.7 Å². The molecule has 1 aliphatic rings. The summed E-state index contributed by atoms with van der Waals surface area (Å²) in [6, 6.07) is 4.44. The van der Waals surface area contributed by atoms with E-state index in [0.717, 1.165) is 12.8 Å². The summed E-state index contributed by atoms with van der Waals surface area (Å²) in [5.41, 5.74) is 0.484. The van der Waals surface area contributed by atoms with Crippen LogP contribution in [-0.4, -0.2) is 46.3 Å². The number of nitrogens with zero attached hydrogens (tertiary/aromatic N) is 4. The quantitative estimate of drug-likeness (QED) is 0.485. The third kappa shape index (κ3) is 3.67. The Hall–Kier alpha value is -3.23. The molecule has 9 heteroatoms. The summed E-state index contributed by atoms with van der Waals surface area (Å²) < 4.78 is 1.57. The van der Waals surface area contributed by atoms with Crippen molar-refractivity contribution < 1.29 is 14.5 Å². The maximum absolute atomic E-state index is 12.6. The van der Waals surface area contributed by atoms with E-state index in [1.807, 2.05) is 4.90 Å². The number of anilines is 1. The van der Waals surface area contributed by atoms with E-state index in [0.29, 0.717) is 18.8 Å². The Morgan fingerprint density at radius 3 is 2.78 bits per heavy atom. The standard InChI is InChI=1S/C18H21N5O4/c1-19-18(25)13-4-3-8-22(11-13)14-6-5-12(10-15(14)23(26)27)16(24)17-20-7-9-21(17)2/h5-7,9-10,13H,3-4,8,11H2,1-2H3,(H,19,25). The molecule has 0 saturated carbocycles. The molecule has 1 atom stereocenters. The molecule has 1 amide bonds. The van der Waals surface area contributed by atoms with Crippen LogP contribution in [0.1, 0.15) is 29.0 Å². The van der Waals surface area contributed by atoms with Gasteiger partial charge in [-0.15, -0.1) is 0 Å². The topological polar surface area (TPSA) is 110 Å². The number of hydrogen-bond acceptors (Lipinski definition) is 6. The molecule has 1 N–H and O–H groups in total. The summed E-state index contributed by atoms with van der Waals surface area (Å²) in [6.45, 7) is 1.04. The molecule has 2 aromatic rings. The second-order valence-electron chi connectivity index (χ2n) is 6.55. The van der Waals surface area contributed by atoms with Crippen LogP contribution >= 0.6 is 0 Å². The number of benzene rings is 1. The van der Waals surface area contributed by atoms with Crippen LogP contribution < -0.4 is 10.2 Å². The predicted molar refractivity (Wildman–Crippen MR) is 98.7 cm³/mol. The first kappa shape index (κ1) is 18.6. The highest BCUT2D eigenvalue weighted by atomic mass is 16.6. The summed E-state index contributed by atoms with van der Waals surface area (Å²) >= 11 is 0. The summed E-state index contributed by atoms with van der Waals surface area (Å²) in [4.78, 5) is 41.5. The van der Waals surface area contributed by atoms with E-state index in [2.05, 4.69) is 10.3 Å². The Balaban J connectivity index is 1.93. The summed E-state index contributed by atoms with van der Waals surface area (Å²) in [6.07, 6.45) is 4.66. The number of amides is 1. The van der Waals surface area contributed by atoms with E-state index in [9.17, 15) is 19.7 Å². The van der Waals surface area contributed by atoms with Gasteiger partial charge in [0.25, 0.3) is 5.69 Å². The van der Waals surface area contributed by atoms with Crippen molar-refractivity contribution in [2.45, 2.75) is 12.8 Å². The van der Waals surface area contributed by atoms with Gasteiger partial charge >= 0.3 is 0 Å². The highest BCUT2D eigenvalue weighted by Crippen LogP contribution is 2.33. The number of piperidine rings is 1. The third-order valence-electron chi connectivity index (χ3n) is 4.84. The monoisotopic (exact) mass is 371 g/mol. The molecule has 3 rings (SSSR count). The fourth-order valence-corrected chi connectivity index (χ4v) is 3.41. The highest BCUT2D eigenvalue weighted by molar-refractivity contribution is 6.07. The second kappa shape index (κ2) is 7.56. The molecular formula is C18H21N5O4. The van der Waals surface area contributed by atoms with Crippen molar-refractivity contribution >= 4 is 23.1 Å². The van der Waals surface area contributed by atoms with Gasteiger partial charge in [0, 0.05) is 51.2 Å². The molecule has 1 aliphatic heterocycles. The van der Waals surface area contributed by atoms with Crippen molar-refractivity contribution in [1.82, 2.24) is 14.9 Å². The lowest BCUT2D eigenvalue weighted by atomic mass is 9.96. The molecule has 1 unspecified atom stereocenters. The van der Waals surface area contributed by atoms with Gasteiger partial charge < -0.3 is 14.8 Å². The van der Waals surface area contributed by atoms with Crippen LogP contribution in [-0.2, 0) is 11.8 Å². The van der Waals surface area contributed by atoms with E-state index in [4.69, 9.17) is 0 Å². The van der Waals surface area contributed by atoms with Gasteiger partial charge in [-0.25, -0.2) is 4.98 Å². The predicted octanol–water partition coefficient (Wildman–Crippen LogP) is 1.52. The van der Waals surface area contributed by atoms with Gasteiger partial charge in [0.05, 0.1) is 10.8 Å². The summed E-state index contributed by atoms with van der Waals surface area (Å²) in [5.74, 6) is -0.435. The van der Waals surface area contributed by atoms with Crippen molar-refractivity contribution in [3.8, 4) is 0 Å². The van der Waals surface area contributed by atoms with Crippen LogP contribution in [0.2, 0.25) is 0 Å². The molecule has 2 heterocycles. The Labute approximate surface area is 156 Å². The van der Waals surface area contributed by atoms with Crippen molar-refractivity contribution in [3.05, 3.63) is 52.1 Å². The van der Waals surface area contributed by atoms with Gasteiger partial charge in [0.1, 0.15) is 5.69 Å². The maximum Gasteiger partial charge on any atom is 0.293 e. The number of nitro benzene ring substituents is 1. The molecule has 0 bridgehead atoms. The normalized spacial score (nSPS) is 16.8. The average molecular weight is 371 g/mol. The minimum absolute atomic E-state index is 0.0658. The lowest BCUT2D eigenvalue weighted by Crippen LogP contribution is -2.42. The molecule has 27 heavy (non-hydrogen) atoms. The second-order valence-corrected chi connectivity index (χ2v) is 6.55. The van der Waals surface area contributed by atoms with Crippen LogP contribution in [0.5, 0.6) is 0 Å². The largest absolute Gasteiger partial charge is 0.365 e. The molecule has 1 aromatic carbocycles. The van der Waals surface area contributed by atoms with Crippen LogP contribution in [0.25, 0.3) is 0 Å². The number of carbonyl (C=O) groups is 2. The molecular weight excluding hydrogens is 350 g/mol. The Kier molecular flexibility index (Phi) is 5.20.